The van der Waals surface area contributed by atoms with Gasteiger partial charge in [0, 0.05) is 52.4 Å². The second-order valence-corrected chi connectivity index (χ2v) is 10.0. The Bertz CT molecular complexity index is 1310. The third-order valence-electron chi connectivity index (χ3n) is 6.14. The van der Waals surface area contributed by atoms with Crippen molar-refractivity contribution < 1.29 is 4.79 Å². The number of hydrogen-bond acceptors (Lipinski definition) is 5. The number of thiophene rings is 1. The molecule has 0 saturated heterocycles. The molecule has 0 spiro atoms. The number of pyridine rings is 2. The van der Waals surface area contributed by atoms with E-state index in [1.54, 1.807) is 17.5 Å². The number of hydrogen-bond donors (Lipinski definition) is 2. The van der Waals surface area contributed by atoms with E-state index < -0.39 is 0 Å². The lowest BCUT2D eigenvalue weighted by atomic mass is 10.2. The fourth-order valence-corrected chi connectivity index (χ4v) is 5.41. The van der Waals surface area contributed by atoms with Gasteiger partial charge in [-0.3, -0.25) is 4.79 Å². The summed E-state index contributed by atoms with van der Waals surface area (Å²) in [7, 11) is 0. The van der Waals surface area contributed by atoms with Crippen LogP contribution in [0.15, 0.2) is 54.3 Å². The van der Waals surface area contributed by atoms with E-state index in [1.807, 2.05) is 23.6 Å². The number of imidazole rings is 1. The average Bonchev–Trinajstić information content (AvgIpc) is 3.71. The Morgan fingerprint density at radius 1 is 1.22 bits per heavy atom. The maximum Gasteiger partial charge on any atom is 0.229 e. The maximum atomic E-state index is 12.6. The van der Waals surface area contributed by atoms with Crippen LogP contribution in [0.2, 0.25) is 5.02 Å². The Labute approximate surface area is 194 Å². The van der Waals surface area contributed by atoms with Crippen molar-refractivity contribution in [3.63, 3.8) is 0 Å². The monoisotopic (exact) mass is 463 g/mol. The third kappa shape index (κ3) is 4.10. The fraction of sp³-hybridized carbons (Fsp3) is 0.292. The lowest BCUT2D eigenvalue weighted by molar-refractivity contribution is -0.117. The number of amides is 1. The lowest BCUT2D eigenvalue weighted by Gasteiger charge is -2.08. The standard InChI is InChI=1S/C24H22ClN5OS/c25-16-7-21(32-13-16)19-9-20(19)24(31)29-22-8-17(5-6-26-22)27-10-18-12-30-11-15(14-1-2-14)3-4-23(30)28-18/h3-8,11-14,19-20H,1-2,9-10H2,(H2,26,27,29,31). The maximum absolute atomic E-state index is 12.6. The summed E-state index contributed by atoms with van der Waals surface area (Å²) in [4.78, 5) is 22.8. The predicted octanol–water partition coefficient (Wildman–Crippen LogP) is 5.68. The van der Waals surface area contributed by atoms with Gasteiger partial charge in [0.1, 0.15) is 11.5 Å². The highest BCUT2D eigenvalue weighted by atomic mass is 35.5. The Morgan fingerprint density at radius 2 is 2.12 bits per heavy atom. The van der Waals surface area contributed by atoms with Crippen molar-refractivity contribution in [3.05, 3.63) is 75.5 Å². The zero-order valence-corrected chi connectivity index (χ0v) is 18.9. The van der Waals surface area contributed by atoms with Gasteiger partial charge in [-0.25, -0.2) is 9.97 Å². The molecule has 4 heterocycles. The van der Waals surface area contributed by atoms with E-state index >= 15 is 0 Å². The van der Waals surface area contributed by atoms with E-state index in [9.17, 15) is 4.79 Å². The molecule has 2 aliphatic rings. The van der Waals surface area contributed by atoms with Gasteiger partial charge in [0.05, 0.1) is 17.3 Å². The van der Waals surface area contributed by atoms with Crippen molar-refractivity contribution in [2.75, 3.05) is 10.6 Å². The molecule has 0 bridgehead atoms. The second-order valence-electron chi connectivity index (χ2n) is 8.62. The van der Waals surface area contributed by atoms with Gasteiger partial charge < -0.3 is 15.0 Å². The first kappa shape index (κ1) is 19.8. The first-order valence-electron chi connectivity index (χ1n) is 10.8. The zero-order chi connectivity index (χ0) is 21.7. The summed E-state index contributed by atoms with van der Waals surface area (Å²) in [5.74, 6) is 1.55. The molecule has 0 aliphatic heterocycles. The number of fused-ring (bicyclic) bond motifs is 1. The van der Waals surface area contributed by atoms with Crippen LogP contribution in [0.25, 0.3) is 5.65 Å². The summed E-state index contributed by atoms with van der Waals surface area (Å²) in [6.45, 7) is 0.599. The van der Waals surface area contributed by atoms with Gasteiger partial charge in [-0.05, 0) is 48.9 Å². The van der Waals surface area contributed by atoms with Crippen LogP contribution < -0.4 is 10.6 Å². The molecule has 2 unspecified atom stereocenters. The number of nitrogens with zero attached hydrogens (tertiary/aromatic N) is 3. The number of anilines is 2. The average molecular weight is 464 g/mol. The minimum Gasteiger partial charge on any atom is -0.379 e. The van der Waals surface area contributed by atoms with Crippen LogP contribution in [0.4, 0.5) is 11.5 Å². The molecule has 32 heavy (non-hydrogen) atoms. The number of rotatable bonds is 7. The van der Waals surface area contributed by atoms with E-state index in [-0.39, 0.29) is 17.7 Å². The third-order valence-corrected chi connectivity index (χ3v) is 7.55. The largest absolute Gasteiger partial charge is 0.379 e. The molecule has 0 aromatic carbocycles. The molecule has 1 amide bonds. The van der Waals surface area contributed by atoms with Gasteiger partial charge in [0.15, 0.2) is 0 Å². The minimum atomic E-state index is -0.0124. The molecular weight excluding hydrogens is 442 g/mol. The molecule has 4 aromatic heterocycles. The Balaban J connectivity index is 1.08. The molecule has 0 radical (unpaired) electrons. The zero-order valence-electron chi connectivity index (χ0n) is 17.3. The summed E-state index contributed by atoms with van der Waals surface area (Å²) >= 11 is 7.63. The number of carbonyl (C=O) groups excluding carboxylic acids is 1. The number of nitrogens with one attached hydrogen (secondary N) is 2. The lowest BCUT2D eigenvalue weighted by Crippen LogP contribution is -2.15. The molecule has 4 aromatic rings. The first-order valence-corrected chi connectivity index (χ1v) is 12.1. The molecular formula is C24H22ClN5OS. The van der Waals surface area contributed by atoms with Crippen molar-refractivity contribution in [1.29, 1.82) is 0 Å². The van der Waals surface area contributed by atoms with Crippen LogP contribution in [-0.4, -0.2) is 20.3 Å². The van der Waals surface area contributed by atoms with Gasteiger partial charge in [-0.1, -0.05) is 17.7 Å². The Kier molecular flexibility index (Phi) is 4.88. The van der Waals surface area contributed by atoms with Crippen LogP contribution >= 0.6 is 22.9 Å². The minimum absolute atomic E-state index is 0.0102. The Morgan fingerprint density at radius 3 is 2.94 bits per heavy atom. The topological polar surface area (TPSA) is 71.3 Å². The normalized spacial score (nSPS) is 19.8. The Hall–Kier alpha value is -2.90. The first-order chi connectivity index (χ1) is 15.6. The predicted molar refractivity (Wildman–Crippen MR) is 128 cm³/mol. The van der Waals surface area contributed by atoms with Crippen molar-refractivity contribution in [3.8, 4) is 0 Å². The molecule has 6 rings (SSSR count). The van der Waals surface area contributed by atoms with Crippen molar-refractivity contribution in [2.24, 2.45) is 5.92 Å². The fourth-order valence-electron chi connectivity index (χ4n) is 4.15. The summed E-state index contributed by atoms with van der Waals surface area (Å²) in [5, 5.41) is 9.00. The molecule has 2 saturated carbocycles. The van der Waals surface area contributed by atoms with Crippen molar-refractivity contribution >= 4 is 46.0 Å². The SMILES string of the molecule is O=C(Nc1cc(NCc2cn3cc(C4CC4)ccc3n2)ccn1)C1CC1c1cc(Cl)cs1. The van der Waals surface area contributed by atoms with Gasteiger partial charge in [-0.15, -0.1) is 11.3 Å². The molecule has 2 aliphatic carbocycles. The van der Waals surface area contributed by atoms with Crippen LogP contribution in [0.1, 0.15) is 47.2 Å². The molecule has 8 heteroatoms. The molecule has 2 fully saturated rings. The van der Waals surface area contributed by atoms with E-state index in [2.05, 4.69) is 44.5 Å². The van der Waals surface area contributed by atoms with Gasteiger partial charge in [-0.2, -0.15) is 0 Å². The number of halogens is 1. The second kappa shape index (κ2) is 7.90. The van der Waals surface area contributed by atoms with Crippen LogP contribution in [0.5, 0.6) is 0 Å². The van der Waals surface area contributed by atoms with E-state index in [0.29, 0.717) is 12.4 Å². The number of aromatic nitrogens is 3. The molecule has 6 nitrogen and oxygen atoms in total. The summed E-state index contributed by atoms with van der Waals surface area (Å²) in [6, 6.07) is 9.99. The summed E-state index contributed by atoms with van der Waals surface area (Å²) < 4.78 is 2.11. The van der Waals surface area contributed by atoms with E-state index in [4.69, 9.17) is 16.6 Å². The number of carbonyl (C=O) groups is 1. The van der Waals surface area contributed by atoms with E-state index in [1.165, 1.54) is 23.3 Å². The quantitative estimate of drug-likeness (QED) is 0.370. The summed E-state index contributed by atoms with van der Waals surface area (Å²) in [5.41, 5.74) is 4.21. The smallest absolute Gasteiger partial charge is 0.229 e. The molecule has 2 N–H and O–H groups in total. The van der Waals surface area contributed by atoms with Gasteiger partial charge in [0.25, 0.3) is 0 Å². The van der Waals surface area contributed by atoms with Crippen molar-refractivity contribution in [1.82, 2.24) is 14.4 Å². The van der Waals surface area contributed by atoms with Gasteiger partial charge >= 0.3 is 0 Å². The summed E-state index contributed by atoms with van der Waals surface area (Å²) in [6.07, 6.45) is 9.41. The highest BCUT2D eigenvalue weighted by molar-refractivity contribution is 7.10. The van der Waals surface area contributed by atoms with Crippen LogP contribution in [0.3, 0.4) is 0 Å². The molecule has 2 atom stereocenters. The van der Waals surface area contributed by atoms with Gasteiger partial charge in [0.2, 0.25) is 5.91 Å². The van der Waals surface area contributed by atoms with Crippen molar-refractivity contribution in [2.45, 2.75) is 37.6 Å². The van der Waals surface area contributed by atoms with Crippen LogP contribution in [-0.2, 0) is 11.3 Å². The molecule has 162 valence electrons. The van der Waals surface area contributed by atoms with E-state index in [0.717, 1.165) is 34.4 Å². The highest BCUT2D eigenvalue weighted by Crippen LogP contribution is 2.50. The highest BCUT2D eigenvalue weighted by Gasteiger charge is 2.44. The van der Waals surface area contributed by atoms with Crippen LogP contribution in [0, 0.1) is 5.92 Å².